The van der Waals surface area contributed by atoms with Crippen LogP contribution in [0.4, 0.5) is 17.8 Å². The van der Waals surface area contributed by atoms with Crippen molar-refractivity contribution in [2.24, 2.45) is 35.5 Å². The summed E-state index contributed by atoms with van der Waals surface area (Å²) in [5.41, 5.74) is 20.0. The van der Waals surface area contributed by atoms with Gasteiger partial charge in [-0.1, -0.05) is 99.7 Å². The SMILES string of the molecule is CO[C@@H]1C[C@@H]2CC[C@@H](C)[C@@](O)(O2)C(=O)C(=O)N2CCCC[C@H]2C(=O)O[C@H]([C@H](C)C[C@@H]2CCC(n3nncc3-c3cccc(-c4cnc(N5CCN(S(=O)(=O)CCc6cn(CCOCCOCCOCCC(=O)NCCCCn7nc(-c8ccc9oc(N)nc9c8)c8c(N)ncnc87)nn6)CC5)nc4)c3)[C@H](OC)C2)CC(=O)[C@H](C)/C=C(/C)[C@H](O)[C@@H](O)C(=O)[C@H](C)C[C@H](C)\C=C/C=C\C=C/1C. The molecule has 2 bridgehead atoms. The number of esters is 1. The molecule has 1 unspecified atom stereocenters. The summed E-state index contributed by atoms with van der Waals surface area (Å²) in [4.78, 5) is 111. The van der Waals surface area contributed by atoms with Crippen molar-refractivity contribution >= 4 is 85.1 Å². The van der Waals surface area contributed by atoms with Crippen LogP contribution in [-0.4, -0.2) is 280 Å². The van der Waals surface area contributed by atoms with E-state index >= 15 is 0 Å². The number of anilines is 3. The monoisotopic (exact) mass is 1870 g/mol. The minimum atomic E-state index is -3.65. The number of nitrogens with zero attached hydrogens (tertiary/aromatic N) is 16. The van der Waals surface area contributed by atoms with Crippen LogP contribution in [0.1, 0.15) is 157 Å². The Morgan fingerprint density at radius 1 is 0.761 bits per heavy atom. The van der Waals surface area contributed by atoms with E-state index in [1.54, 1.807) is 82.1 Å². The first-order chi connectivity index (χ1) is 64.5. The number of aryl methyl sites for hydroxylation is 2. The van der Waals surface area contributed by atoms with Gasteiger partial charge in [0.25, 0.3) is 17.7 Å². The van der Waals surface area contributed by atoms with Crippen molar-refractivity contribution in [2.75, 3.05) is 115 Å². The average molecular weight is 1870 g/mol. The number of cyclic esters (lactones) is 1. The lowest BCUT2D eigenvalue weighted by Crippen LogP contribution is -2.61. The van der Waals surface area contributed by atoms with Gasteiger partial charge in [-0.2, -0.15) is 14.4 Å². The van der Waals surface area contributed by atoms with Gasteiger partial charge in [0.2, 0.25) is 27.7 Å². The van der Waals surface area contributed by atoms with Crippen LogP contribution in [0.15, 0.2) is 126 Å². The fourth-order valence-electron chi connectivity index (χ4n) is 18.5. The number of ketones is 3. The van der Waals surface area contributed by atoms with Gasteiger partial charge in [0.15, 0.2) is 17.0 Å². The van der Waals surface area contributed by atoms with Crippen LogP contribution in [-0.2, 0) is 91.5 Å². The number of aliphatic hydroxyl groups is 3. The van der Waals surface area contributed by atoms with Crippen molar-refractivity contribution < 1.29 is 90.1 Å². The fraction of sp³-hybridized carbons (Fsp3) is 0.579. The Hall–Kier alpha value is -10.9. The van der Waals surface area contributed by atoms with Gasteiger partial charge in [-0.15, -0.1) is 10.2 Å². The number of aliphatic hydroxyl groups excluding tert-OH is 2. The number of allylic oxidation sites excluding steroid dienone is 6. The Balaban J connectivity index is 0.541. The van der Waals surface area contributed by atoms with Crippen molar-refractivity contribution in [1.29, 1.82) is 0 Å². The maximum absolute atomic E-state index is 14.9. The number of piperidine rings is 1. The third-order valence-corrected chi connectivity index (χ3v) is 28.3. The van der Waals surface area contributed by atoms with E-state index in [4.69, 9.17) is 64.1 Å². The van der Waals surface area contributed by atoms with Gasteiger partial charge >= 0.3 is 5.97 Å². The maximum atomic E-state index is 14.9. The number of unbranched alkanes of at least 4 members (excludes halogenated alkanes) is 1. The first-order valence-electron chi connectivity index (χ1n) is 46.7. The second-order valence-electron chi connectivity index (χ2n) is 36.1. The summed E-state index contributed by atoms with van der Waals surface area (Å²) in [7, 11) is -0.431. The van der Waals surface area contributed by atoms with E-state index in [-0.39, 0.29) is 111 Å². The molecule has 8 N–H and O–H groups in total. The van der Waals surface area contributed by atoms with Crippen molar-refractivity contribution in [3.05, 3.63) is 127 Å². The minimum Gasteiger partial charge on any atom is -0.460 e. The van der Waals surface area contributed by atoms with Crippen LogP contribution in [0.3, 0.4) is 0 Å². The van der Waals surface area contributed by atoms with E-state index in [1.807, 2.05) is 97.1 Å². The molecule has 0 spiro atoms. The van der Waals surface area contributed by atoms with Crippen LogP contribution < -0.4 is 21.7 Å². The zero-order chi connectivity index (χ0) is 95.3. The number of methoxy groups -OCH3 is 2. The van der Waals surface area contributed by atoms with Gasteiger partial charge < -0.3 is 79.5 Å². The third kappa shape index (κ3) is 25.6. The Bertz CT molecular complexity index is 5570. The molecule has 38 nitrogen and oxygen atoms in total. The first-order valence-corrected chi connectivity index (χ1v) is 48.3. The number of piperazine rings is 1. The highest BCUT2D eigenvalue weighted by atomic mass is 32.2. The summed E-state index contributed by atoms with van der Waals surface area (Å²) in [6, 6.07) is 12.0. The van der Waals surface area contributed by atoms with Gasteiger partial charge in [-0.05, 0) is 150 Å². The number of benzene rings is 2. The highest BCUT2D eigenvalue weighted by Crippen LogP contribution is 2.43. The molecule has 8 aromatic rings. The van der Waals surface area contributed by atoms with E-state index in [2.05, 4.69) is 40.9 Å². The zero-order valence-corrected chi connectivity index (χ0v) is 78.8. The summed E-state index contributed by atoms with van der Waals surface area (Å²) in [6.07, 6.45) is 19.9. The summed E-state index contributed by atoms with van der Waals surface area (Å²) < 4.78 is 81.5. The highest BCUT2D eigenvalue weighted by Gasteiger charge is 2.53. The van der Waals surface area contributed by atoms with Crippen LogP contribution in [0.5, 0.6) is 0 Å². The topological polar surface area (TPSA) is 492 Å². The van der Waals surface area contributed by atoms with Gasteiger partial charge in [0.05, 0.1) is 99.3 Å². The molecule has 1 saturated carbocycles. The number of aromatic nitrogens is 13. The predicted octanol–water partition coefficient (Wildman–Crippen LogP) is 8.56. The number of oxazole rings is 1. The number of rotatable bonds is 31. The molecule has 4 fully saturated rings. The maximum Gasteiger partial charge on any atom is 0.329 e. The Morgan fingerprint density at radius 2 is 1.52 bits per heavy atom. The number of amides is 2. The van der Waals surface area contributed by atoms with E-state index in [0.29, 0.717) is 175 Å². The summed E-state index contributed by atoms with van der Waals surface area (Å²) in [6.45, 7) is 16.9. The Labute approximate surface area is 780 Å². The summed E-state index contributed by atoms with van der Waals surface area (Å²) in [5, 5.41) is 60.8. The lowest BCUT2D eigenvalue weighted by molar-refractivity contribution is -0.265. The molecule has 13 rings (SSSR count). The second kappa shape index (κ2) is 47.1. The Morgan fingerprint density at radius 3 is 2.29 bits per heavy atom. The molecule has 5 aliphatic rings. The molecule has 10 heterocycles. The molecule has 724 valence electrons. The number of hydrogen-bond donors (Lipinski definition) is 6. The molecule has 0 radical (unpaired) electrons. The number of carbonyl (C=O) groups excluding carboxylic acids is 6. The average Bonchev–Trinajstić information content (AvgIpc) is 1.66. The van der Waals surface area contributed by atoms with E-state index < -0.39 is 99.5 Å². The molecule has 2 amide bonds. The number of hydrogen-bond acceptors (Lipinski definition) is 32. The molecule has 15 atom stereocenters. The third-order valence-electron chi connectivity index (χ3n) is 26.4. The van der Waals surface area contributed by atoms with Crippen molar-refractivity contribution in [2.45, 2.75) is 219 Å². The lowest BCUT2D eigenvalue weighted by atomic mass is 9.77. The Kier molecular flexibility index (Phi) is 35.3. The van der Waals surface area contributed by atoms with E-state index in [1.165, 1.54) is 21.6 Å². The quantitative estimate of drug-likeness (QED) is 0.0102. The number of nitrogens with one attached hydrogen (secondary N) is 1. The molecule has 39 heteroatoms. The number of fused-ring (bicyclic) bond motifs is 5. The van der Waals surface area contributed by atoms with Crippen LogP contribution in [0.2, 0.25) is 0 Å². The van der Waals surface area contributed by atoms with Crippen LogP contribution in [0, 0.1) is 35.5 Å². The van der Waals surface area contributed by atoms with Crippen molar-refractivity contribution in [3.8, 4) is 33.6 Å². The van der Waals surface area contributed by atoms with Gasteiger partial charge in [0, 0.05) is 139 Å². The first kappa shape index (κ1) is 101. The number of nitrogen functional groups attached to an aromatic ring is 2. The molecule has 1 aliphatic carbocycles. The molecular formula is C95H129N19O19S. The second-order valence-corrected chi connectivity index (χ2v) is 38.2. The van der Waals surface area contributed by atoms with Crippen molar-refractivity contribution in [1.82, 2.24) is 79.2 Å². The zero-order valence-electron chi connectivity index (χ0n) is 78.0. The molecule has 134 heavy (non-hydrogen) atoms. The number of sulfonamides is 1. The van der Waals surface area contributed by atoms with Crippen molar-refractivity contribution in [3.63, 3.8) is 0 Å². The predicted molar refractivity (Wildman–Crippen MR) is 498 cm³/mol. The van der Waals surface area contributed by atoms with Crippen LogP contribution >= 0.6 is 0 Å². The molecule has 4 aliphatic heterocycles. The summed E-state index contributed by atoms with van der Waals surface area (Å²) >= 11 is 0. The standard InChI is InChI=1S/C95H129N19O19S/c1-59-18-11-10-12-19-60(2)79(126-8)52-72-26-23-65(7)95(123,133-72)88(120)91(121)112-32-15-13-22-75(112)92(122)131-80(53-77(115)61(3)47-64(6)86(118)87(119)85(117)63(5)46-59)62(4)48-66-24-27-74(81(49-66)127-9)114-76(56-103-107-114)68-21-17-20-67(50-68)70-54-99-94(100-55-70)109-34-36-111(37-35-109)134(124,125)45-30-71-57-110(108-105-71)38-40-129-42-44-130-43-41-128-39-29-82(116)98-31-14-16-33-113-90-83(89(96)101-58-102-90)84(106-113)69-25-28-78-73(51-69)104-93(97)132-78/h10-12,17-21,25,28,47,50-51,54-59,61-63,65-66,72,74-75,79-81,86-87,118-119,123H,13-16,22-24,26-27,29-46,48-49,52-53H2,1-9H3,(H2,97,104)(H,98,116)(H2,96,101,102)/b12-10-,18-11-,60-19-,64-47-/t59-,61-,62-,63-,65-,66+,72+,74?,75+,79-,80+,81-,86+,87+,95-/m1/s1. The molecule has 6 aromatic heterocycles. The molecule has 3 saturated heterocycles. The minimum absolute atomic E-state index is 0.00206. The number of ether oxygens (including phenoxy) is 7. The normalized spacial score (nSPS) is 26.7. The van der Waals surface area contributed by atoms with Gasteiger partial charge in [-0.25, -0.2) is 47.2 Å². The number of nitrogens with two attached hydrogens (primary N) is 2. The highest BCUT2D eigenvalue weighted by molar-refractivity contribution is 7.89. The fourth-order valence-corrected chi connectivity index (χ4v) is 19.9. The largest absolute Gasteiger partial charge is 0.460 e. The van der Waals surface area contributed by atoms with Gasteiger partial charge in [0.1, 0.15) is 53.5 Å². The van der Waals surface area contributed by atoms with Gasteiger partial charge in [-0.3, -0.25) is 24.0 Å². The number of carbonyl (C=O) groups is 6. The number of Topliss-reactive ketones (excluding diaryl/α,β-unsaturated/α-hetero) is 3. The molecular weight excluding hydrogens is 1740 g/mol. The smallest absolute Gasteiger partial charge is 0.329 e. The van der Waals surface area contributed by atoms with E-state index in [9.17, 15) is 52.5 Å². The summed E-state index contributed by atoms with van der Waals surface area (Å²) in [5.74, 6) is -8.71. The van der Waals surface area contributed by atoms with E-state index in [0.717, 1.165) is 39.9 Å². The lowest BCUT2D eigenvalue weighted by Gasteiger charge is -2.42. The molecule has 2 aromatic carbocycles. The van der Waals surface area contributed by atoms with Crippen LogP contribution in [0.25, 0.3) is 55.8 Å².